The number of nitrogens with zero attached hydrogens (tertiary/aromatic N) is 2. The number of hydrogen-bond acceptors (Lipinski definition) is 5. The smallest absolute Gasteiger partial charge is 0.269 e. The molecule has 0 fully saturated rings. The van der Waals surface area contributed by atoms with Crippen molar-refractivity contribution < 1.29 is 14.4 Å². The number of ether oxygens (including phenoxy) is 2. The van der Waals surface area contributed by atoms with E-state index in [0.29, 0.717) is 37.2 Å². The van der Waals surface area contributed by atoms with Crippen molar-refractivity contribution in [2.45, 2.75) is 20.4 Å². The fourth-order valence-corrected chi connectivity index (χ4v) is 2.41. The van der Waals surface area contributed by atoms with Crippen molar-refractivity contribution in [3.8, 4) is 11.5 Å². The lowest BCUT2D eigenvalue weighted by atomic mass is 10.2. The number of guanidine groups is 1. The number of anilines is 1. The zero-order valence-corrected chi connectivity index (χ0v) is 18.4. The largest absolute Gasteiger partial charge is 0.493 e. The van der Waals surface area contributed by atoms with Gasteiger partial charge in [-0.25, -0.2) is 4.99 Å². The predicted octanol–water partition coefficient (Wildman–Crippen LogP) is 4.20. The number of non-ortho nitro benzene ring substituents is 1. The molecule has 0 bridgehead atoms. The molecule has 0 amide bonds. The van der Waals surface area contributed by atoms with Crippen molar-refractivity contribution in [2.75, 3.05) is 25.6 Å². The first-order valence-electron chi connectivity index (χ1n) is 8.66. The van der Waals surface area contributed by atoms with E-state index in [1.807, 2.05) is 32.0 Å². The zero-order valence-electron chi connectivity index (χ0n) is 16.1. The Morgan fingerprint density at radius 3 is 2.61 bits per heavy atom. The Labute approximate surface area is 181 Å². The summed E-state index contributed by atoms with van der Waals surface area (Å²) in [6, 6.07) is 12.0. The predicted molar refractivity (Wildman–Crippen MR) is 121 cm³/mol. The van der Waals surface area contributed by atoms with Gasteiger partial charge in [0, 0.05) is 30.4 Å². The van der Waals surface area contributed by atoms with E-state index in [1.54, 1.807) is 19.2 Å². The number of halogens is 1. The van der Waals surface area contributed by atoms with Gasteiger partial charge in [0.1, 0.15) is 0 Å². The summed E-state index contributed by atoms with van der Waals surface area (Å²) in [4.78, 5) is 15.0. The molecule has 0 saturated carbocycles. The van der Waals surface area contributed by atoms with Gasteiger partial charge < -0.3 is 20.1 Å². The van der Waals surface area contributed by atoms with Gasteiger partial charge in [0.15, 0.2) is 17.5 Å². The minimum atomic E-state index is -0.413. The average molecular weight is 500 g/mol. The number of hydrogen-bond donors (Lipinski definition) is 2. The van der Waals surface area contributed by atoms with Crippen molar-refractivity contribution in [3.63, 3.8) is 0 Å². The summed E-state index contributed by atoms with van der Waals surface area (Å²) in [7, 11) is 1.59. The summed E-state index contributed by atoms with van der Waals surface area (Å²) in [5.74, 6) is 1.86. The van der Waals surface area contributed by atoms with Crippen LogP contribution in [-0.4, -0.2) is 31.1 Å². The fourth-order valence-electron chi connectivity index (χ4n) is 2.41. The van der Waals surface area contributed by atoms with Crippen LogP contribution in [0.4, 0.5) is 11.4 Å². The normalized spacial score (nSPS) is 10.6. The molecule has 0 atom stereocenters. The molecule has 2 rings (SSSR count). The number of nitro benzene ring substituents is 1. The lowest BCUT2D eigenvalue weighted by molar-refractivity contribution is -0.384. The highest BCUT2D eigenvalue weighted by atomic mass is 127. The van der Waals surface area contributed by atoms with Gasteiger partial charge in [0.2, 0.25) is 0 Å². The highest BCUT2D eigenvalue weighted by molar-refractivity contribution is 14.0. The maximum absolute atomic E-state index is 10.9. The molecule has 0 saturated heterocycles. The van der Waals surface area contributed by atoms with E-state index in [4.69, 9.17) is 9.47 Å². The molecule has 0 unspecified atom stereocenters. The van der Waals surface area contributed by atoms with Crippen molar-refractivity contribution >= 4 is 41.3 Å². The molecule has 0 spiro atoms. The number of methoxy groups -OCH3 is 1. The Bertz CT molecular complexity index is 814. The van der Waals surface area contributed by atoms with Crippen molar-refractivity contribution in [3.05, 3.63) is 58.1 Å². The molecule has 2 aromatic carbocycles. The summed E-state index contributed by atoms with van der Waals surface area (Å²) >= 11 is 0. The minimum Gasteiger partial charge on any atom is -0.493 e. The standard InChI is InChI=1S/C19H24N4O4.HI/c1-4-20-19(21-13-14-7-6-8-16(11-14)23(24)25)22-15-9-10-17(26-3)18(12-15)27-5-2;/h6-12H,4-5,13H2,1-3H3,(H2,20,21,22);1H. The minimum absolute atomic E-state index is 0. The topological polar surface area (TPSA) is 98.0 Å². The molecule has 8 nitrogen and oxygen atoms in total. The Balaban J connectivity index is 0.00000392. The van der Waals surface area contributed by atoms with Crippen LogP contribution < -0.4 is 20.1 Å². The van der Waals surface area contributed by atoms with Gasteiger partial charge in [-0.05, 0) is 31.5 Å². The monoisotopic (exact) mass is 500 g/mol. The van der Waals surface area contributed by atoms with Gasteiger partial charge in [0.25, 0.3) is 5.69 Å². The van der Waals surface area contributed by atoms with Gasteiger partial charge in [-0.1, -0.05) is 12.1 Å². The number of aliphatic imine (C=N–C) groups is 1. The van der Waals surface area contributed by atoms with Crippen LogP contribution in [0.15, 0.2) is 47.5 Å². The second-order valence-corrected chi connectivity index (χ2v) is 5.55. The summed E-state index contributed by atoms with van der Waals surface area (Å²) in [5, 5.41) is 17.3. The van der Waals surface area contributed by atoms with E-state index in [9.17, 15) is 10.1 Å². The van der Waals surface area contributed by atoms with Crippen molar-refractivity contribution in [2.24, 2.45) is 4.99 Å². The molecule has 2 N–H and O–H groups in total. The van der Waals surface area contributed by atoms with E-state index in [0.717, 1.165) is 11.3 Å². The molecule has 2 aromatic rings. The van der Waals surface area contributed by atoms with E-state index in [-0.39, 0.29) is 29.7 Å². The fraction of sp³-hybridized carbons (Fsp3) is 0.316. The van der Waals surface area contributed by atoms with Gasteiger partial charge in [-0.3, -0.25) is 10.1 Å². The third kappa shape index (κ3) is 6.87. The zero-order chi connectivity index (χ0) is 19.6. The summed E-state index contributed by atoms with van der Waals surface area (Å²) in [6.45, 7) is 5.38. The lowest BCUT2D eigenvalue weighted by Gasteiger charge is -2.14. The van der Waals surface area contributed by atoms with E-state index in [1.165, 1.54) is 12.1 Å². The Hall–Kier alpha value is -2.56. The van der Waals surface area contributed by atoms with E-state index >= 15 is 0 Å². The molecule has 0 heterocycles. The van der Waals surface area contributed by atoms with Crippen molar-refractivity contribution in [1.82, 2.24) is 5.32 Å². The van der Waals surface area contributed by atoms with Crippen LogP contribution in [0.1, 0.15) is 19.4 Å². The number of nitrogens with one attached hydrogen (secondary N) is 2. The van der Waals surface area contributed by atoms with Crippen LogP contribution in [0, 0.1) is 10.1 Å². The summed E-state index contributed by atoms with van der Waals surface area (Å²) in [6.07, 6.45) is 0. The second-order valence-electron chi connectivity index (χ2n) is 5.55. The molecular formula is C19H25IN4O4. The van der Waals surface area contributed by atoms with Gasteiger partial charge in [-0.2, -0.15) is 0 Å². The maximum Gasteiger partial charge on any atom is 0.269 e. The Kier molecular flexibility index (Phi) is 10.1. The molecule has 0 aliphatic heterocycles. The number of benzene rings is 2. The van der Waals surface area contributed by atoms with Gasteiger partial charge in [0.05, 0.1) is 25.2 Å². The quantitative estimate of drug-likeness (QED) is 0.186. The van der Waals surface area contributed by atoms with Crippen LogP contribution >= 0.6 is 24.0 Å². The van der Waals surface area contributed by atoms with Crippen molar-refractivity contribution in [1.29, 1.82) is 0 Å². The highest BCUT2D eigenvalue weighted by Gasteiger charge is 2.08. The Morgan fingerprint density at radius 2 is 1.96 bits per heavy atom. The Morgan fingerprint density at radius 1 is 1.18 bits per heavy atom. The van der Waals surface area contributed by atoms with Gasteiger partial charge in [-0.15, -0.1) is 24.0 Å². The molecule has 0 aromatic heterocycles. The molecular weight excluding hydrogens is 475 g/mol. The van der Waals surface area contributed by atoms with E-state index in [2.05, 4.69) is 15.6 Å². The lowest BCUT2D eigenvalue weighted by Crippen LogP contribution is -2.30. The first-order valence-corrected chi connectivity index (χ1v) is 8.66. The molecule has 152 valence electrons. The van der Waals surface area contributed by atoms with E-state index < -0.39 is 4.92 Å². The maximum atomic E-state index is 10.9. The third-order valence-corrected chi connectivity index (χ3v) is 3.61. The summed E-state index contributed by atoms with van der Waals surface area (Å²) < 4.78 is 10.9. The first kappa shape index (κ1) is 23.5. The molecule has 9 heteroatoms. The van der Waals surface area contributed by atoms with Crippen LogP contribution in [0.5, 0.6) is 11.5 Å². The highest BCUT2D eigenvalue weighted by Crippen LogP contribution is 2.30. The SMILES string of the molecule is CCNC(=NCc1cccc([N+](=O)[O-])c1)Nc1ccc(OC)c(OCC)c1.I. The molecule has 0 aliphatic rings. The summed E-state index contributed by atoms with van der Waals surface area (Å²) in [5.41, 5.74) is 1.60. The van der Waals surface area contributed by atoms with Crippen LogP contribution in [0.2, 0.25) is 0 Å². The van der Waals surface area contributed by atoms with Crippen LogP contribution in [0.25, 0.3) is 0 Å². The van der Waals surface area contributed by atoms with Gasteiger partial charge >= 0.3 is 0 Å². The first-order chi connectivity index (χ1) is 13.1. The molecule has 0 aliphatic carbocycles. The second kappa shape index (κ2) is 12.0. The average Bonchev–Trinajstić information content (AvgIpc) is 2.67. The third-order valence-electron chi connectivity index (χ3n) is 3.61. The number of rotatable bonds is 8. The van der Waals surface area contributed by atoms with Crippen LogP contribution in [-0.2, 0) is 6.54 Å². The molecule has 28 heavy (non-hydrogen) atoms. The molecule has 0 radical (unpaired) electrons. The van der Waals surface area contributed by atoms with Crippen LogP contribution in [0.3, 0.4) is 0 Å². The number of nitro groups is 1.